The van der Waals surface area contributed by atoms with Gasteiger partial charge in [-0.3, -0.25) is 0 Å². The van der Waals surface area contributed by atoms with Gasteiger partial charge in [-0.25, -0.2) is 0 Å². The lowest BCUT2D eigenvalue weighted by Gasteiger charge is -2.11. The Hall–Kier alpha value is -0.580. The number of hydrogen-bond donors (Lipinski definition) is 2. The molecule has 0 atom stereocenters. The van der Waals surface area contributed by atoms with E-state index in [0.29, 0.717) is 0 Å². The van der Waals surface area contributed by atoms with Crippen LogP contribution in [-0.2, 0) is 0 Å². The molecule has 0 aromatic carbocycles. The summed E-state index contributed by atoms with van der Waals surface area (Å²) in [5, 5.41) is 9.83. The summed E-state index contributed by atoms with van der Waals surface area (Å²) < 4.78 is 0. The van der Waals surface area contributed by atoms with Gasteiger partial charge in [0.05, 0.1) is 5.00 Å². The first-order chi connectivity index (χ1) is 6.80. The van der Waals surface area contributed by atoms with Gasteiger partial charge in [-0.1, -0.05) is 0 Å². The van der Waals surface area contributed by atoms with Crippen molar-refractivity contribution in [3.63, 3.8) is 0 Å². The van der Waals surface area contributed by atoms with E-state index in [2.05, 4.69) is 33.0 Å². The molecule has 4 heteroatoms. The van der Waals surface area contributed by atoms with Crippen LogP contribution in [0, 0.1) is 0 Å². The lowest BCUT2D eigenvalue weighted by molar-refractivity contribution is 0.534. The first kappa shape index (κ1) is 11.5. The Balaban J connectivity index is 0.000000146. The van der Waals surface area contributed by atoms with Crippen molar-refractivity contribution < 1.29 is 0 Å². The maximum atomic E-state index is 3.22. The lowest BCUT2D eigenvalue weighted by Crippen LogP contribution is -2.39. The van der Waals surface area contributed by atoms with Crippen molar-refractivity contribution in [2.75, 3.05) is 45.2 Å². The largest absolute Gasteiger partial charge is 0.370 e. The minimum absolute atomic E-state index is 1.14. The first-order valence-electron chi connectivity index (χ1n) is 4.93. The van der Waals surface area contributed by atoms with E-state index in [-0.39, 0.29) is 0 Å². The molecule has 0 bridgehead atoms. The van der Waals surface area contributed by atoms with E-state index in [1.165, 1.54) is 5.00 Å². The fraction of sp³-hybridized carbons (Fsp3) is 0.600. The topological polar surface area (TPSA) is 27.3 Å². The highest BCUT2D eigenvalue weighted by Crippen LogP contribution is 2.17. The van der Waals surface area contributed by atoms with Gasteiger partial charge in [0.15, 0.2) is 0 Å². The van der Waals surface area contributed by atoms with Crippen molar-refractivity contribution in [3.8, 4) is 0 Å². The Morgan fingerprint density at radius 3 is 1.93 bits per heavy atom. The van der Waals surface area contributed by atoms with E-state index in [1.54, 1.807) is 11.3 Å². The third-order valence-electron chi connectivity index (χ3n) is 1.90. The summed E-state index contributed by atoms with van der Waals surface area (Å²) in [6, 6.07) is 4.16. The van der Waals surface area contributed by atoms with Gasteiger partial charge in [0.25, 0.3) is 0 Å². The Labute approximate surface area is 90.1 Å². The average Bonchev–Trinajstić information content (AvgIpc) is 2.74. The van der Waals surface area contributed by atoms with Gasteiger partial charge in [-0.2, -0.15) is 0 Å². The van der Waals surface area contributed by atoms with Crippen LogP contribution in [0.1, 0.15) is 0 Å². The van der Waals surface area contributed by atoms with Gasteiger partial charge in [0.2, 0.25) is 0 Å². The van der Waals surface area contributed by atoms with E-state index >= 15 is 0 Å². The van der Waals surface area contributed by atoms with Gasteiger partial charge in [-0.15, -0.1) is 11.3 Å². The second-order valence-electron chi connectivity index (χ2n) is 3.35. The van der Waals surface area contributed by atoms with Crippen LogP contribution in [0.2, 0.25) is 0 Å². The van der Waals surface area contributed by atoms with Crippen LogP contribution in [0.25, 0.3) is 0 Å². The SMILES string of the molecule is C1CNCCN1.CN(C)c1cccs1. The molecule has 1 aromatic rings. The number of rotatable bonds is 1. The quantitative estimate of drug-likeness (QED) is 0.728. The van der Waals surface area contributed by atoms with Gasteiger partial charge in [0.1, 0.15) is 0 Å². The summed E-state index contributed by atoms with van der Waals surface area (Å²) in [6.07, 6.45) is 0. The molecule has 2 rings (SSSR count). The maximum Gasteiger partial charge on any atom is 0.0903 e. The Kier molecular flexibility index (Phi) is 5.59. The number of nitrogens with one attached hydrogen (secondary N) is 2. The van der Waals surface area contributed by atoms with Crippen LogP contribution < -0.4 is 15.5 Å². The standard InChI is InChI=1S/C6H9NS.C4H10N2/c1-7(2)6-4-3-5-8-6;1-2-6-4-3-5-1/h3-5H,1-2H3;5-6H,1-4H2. The molecule has 2 N–H and O–H groups in total. The fourth-order valence-electron chi connectivity index (χ4n) is 1.13. The molecule has 0 aliphatic carbocycles. The second-order valence-corrected chi connectivity index (χ2v) is 4.27. The highest BCUT2D eigenvalue weighted by molar-refractivity contribution is 7.14. The van der Waals surface area contributed by atoms with Crippen molar-refractivity contribution in [2.24, 2.45) is 0 Å². The summed E-state index contributed by atoms with van der Waals surface area (Å²) in [5.41, 5.74) is 0. The van der Waals surface area contributed by atoms with Crippen molar-refractivity contribution in [1.29, 1.82) is 0 Å². The predicted molar refractivity (Wildman–Crippen MR) is 64.4 cm³/mol. The minimum atomic E-state index is 1.14. The molecule has 1 saturated heterocycles. The van der Waals surface area contributed by atoms with Crippen LogP contribution in [0.5, 0.6) is 0 Å². The van der Waals surface area contributed by atoms with Crippen LogP contribution in [-0.4, -0.2) is 40.3 Å². The van der Waals surface area contributed by atoms with Gasteiger partial charge < -0.3 is 15.5 Å². The van der Waals surface area contributed by atoms with E-state index in [1.807, 2.05) is 14.1 Å². The van der Waals surface area contributed by atoms with Crippen molar-refractivity contribution in [1.82, 2.24) is 10.6 Å². The molecular weight excluding hydrogens is 194 g/mol. The monoisotopic (exact) mass is 213 g/mol. The summed E-state index contributed by atoms with van der Waals surface area (Å²) in [6.45, 7) is 4.56. The van der Waals surface area contributed by atoms with Crippen LogP contribution >= 0.6 is 11.3 Å². The zero-order valence-corrected chi connectivity index (χ0v) is 9.73. The molecule has 1 aliphatic rings. The number of anilines is 1. The summed E-state index contributed by atoms with van der Waals surface area (Å²) in [5.74, 6) is 0. The van der Waals surface area contributed by atoms with Crippen molar-refractivity contribution >= 4 is 16.3 Å². The molecular formula is C10H19N3S. The van der Waals surface area contributed by atoms with Gasteiger partial charge in [-0.05, 0) is 17.5 Å². The van der Waals surface area contributed by atoms with Crippen molar-refractivity contribution in [3.05, 3.63) is 17.5 Å². The molecule has 3 nitrogen and oxygen atoms in total. The molecule has 1 fully saturated rings. The van der Waals surface area contributed by atoms with Crippen LogP contribution in [0.15, 0.2) is 17.5 Å². The first-order valence-corrected chi connectivity index (χ1v) is 5.81. The Bertz CT molecular complexity index is 206. The molecule has 0 amide bonds. The van der Waals surface area contributed by atoms with E-state index in [4.69, 9.17) is 0 Å². The van der Waals surface area contributed by atoms with Gasteiger partial charge in [0, 0.05) is 40.3 Å². The Morgan fingerprint density at radius 1 is 1.14 bits per heavy atom. The highest BCUT2D eigenvalue weighted by atomic mass is 32.1. The van der Waals surface area contributed by atoms with Crippen LogP contribution in [0.4, 0.5) is 5.00 Å². The molecule has 14 heavy (non-hydrogen) atoms. The zero-order valence-electron chi connectivity index (χ0n) is 8.92. The third-order valence-corrected chi connectivity index (χ3v) is 2.94. The molecule has 1 aromatic heterocycles. The molecule has 1 aliphatic heterocycles. The van der Waals surface area contributed by atoms with Crippen molar-refractivity contribution in [2.45, 2.75) is 0 Å². The number of piperazine rings is 1. The molecule has 2 heterocycles. The third kappa shape index (κ3) is 4.60. The van der Waals surface area contributed by atoms with E-state index in [9.17, 15) is 0 Å². The molecule has 80 valence electrons. The van der Waals surface area contributed by atoms with E-state index in [0.717, 1.165) is 26.2 Å². The summed E-state index contributed by atoms with van der Waals surface area (Å²) >= 11 is 1.76. The Morgan fingerprint density at radius 2 is 1.71 bits per heavy atom. The van der Waals surface area contributed by atoms with E-state index < -0.39 is 0 Å². The maximum absolute atomic E-state index is 3.22. The normalized spacial score (nSPS) is 15.6. The predicted octanol–water partition coefficient (Wildman–Crippen LogP) is 0.993. The number of nitrogens with zero attached hydrogens (tertiary/aromatic N) is 1. The zero-order chi connectivity index (χ0) is 10.2. The summed E-state index contributed by atoms with van der Waals surface area (Å²) in [7, 11) is 4.09. The molecule has 0 spiro atoms. The highest BCUT2D eigenvalue weighted by Gasteiger charge is 1.91. The lowest BCUT2D eigenvalue weighted by atomic mass is 10.4. The molecule has 0 saturated carbocycles. The van der Waals surface area contributed by atoms with Crippen LogP contribution in [0.3, 0.4) is 0 Å². The molecule has 0 radical (unpaired) electrons. The average molecular weight is 213 g/mol. The summed E-state index contributed by atoms with van der Waals surface area (Å²) in [4.78, 5) is 2.10. The minimum Gasteiger partial charge on any atom is -0.370 e. The number of thiophene rings is 1. The smallest absolute Gasteiger partial charge is 0.0903 e. The molecule has 0 unspecified atom stereocenters. The number of hydrogen-bond acceptors (Lipinski definition) is 4. The second kappa shape index (κ2) is 6.81. The fourth-order valence-corrected chi connectivity index (χ4v) is 1.79. The van der Waals surface area contributed by atoms with Gasteiger partial charge >= 0.3 is 0 Å².